The van der Waals surface area contributed by atoms with Crippen LogP contribution < -0.4 is 10.2 Å². The van der Waals surface area contributed by atoms with Gasteiger partial charge in [0.2, 0.25) is 5.91 Å². The van der Waals surface area contributed by atoms with Crippen LogP contribution in [-0.4, -0.2) is 37.0 Å². The van der Waals surface area contributed by atoms with E-state index in [2.05, 4.69) is 22.3 Å². The Balaban J connectivity index is 1.80. The molecule has 110 valence electrons. The molecule has 5 heteroatoms. The van der Waals surface area contributed by atoms with Crippen LogP contribution in [0.5, 0.6) is 0 Å². The van der Waals surface area contributed by atoms with Gasteiger partial charge in [0.25, 0.3) is 0 Å². The molecule has 0 radical (unpaired) electrons. The number of nitrogens with one attached hydrogen (secondary N) is 1. The summed E-state index contributed by atoms with van der Waals surface area (Å²) in [6.07, 6.45) is 3.08. The number of anilines is 1. The van der Waals surface area contributed by atoms with Crippen molar-refractivity contribution in [3.8, 4) is 0 Å². The molecule has 2 rings (SSSR count). The average molecular weight is 313 g/mol. The monoisotopic (exact) mass is 312 g/mol. The highest BCUT2D eigenvalue weighted by molar-refractivity contribution is 7.99. The summed E-state index contributed by atoms with van der Waals surface area (Å²) in [5.41, 5.74) is 1.21. The maximum Gasteiger partial charge on any atom is 0.232 e. The Kier molecular flexibility index (Phi) is 5.61. The predicted octanol–water partition coefficient (Wildman–Crippen LogP) is 3.03. The highest BCUT2D eigenvalue weighted by Gasteiger charge is 2.23. The summed E-state index contributed by atoms with van der Waals surface area (Å²) in [5.74, 6) is 0.672. The van der Waals surface area contributed by atoms with Gasteiger partial charge in [-0.15, -0.1) is 0 Å². The topological polar surface area (TPSA) is 32.3 Å². The lowest BCUT2D eigenvalue weighted by molar-refractivity contribution is -0.120. The summed E-state index contributed by atoms with van der Waals surface area (Å²) in [5, 5.41) is 3.85. The normalized spacial score (nSPS) is 19.9. The molecule has 1 aliphatic heterocycles. The average Bonchev–Trinajstić information content (AvgIpc) is 2.93. The molecule has 0 aromatic heterocycles. The predicted molar refractivity (Wildman–Crippen MR) is 87.8 cm³/mol. The van der Waals surface area contributed by atoms with Crippen molar-refractivity contribution in [2.75, 3.05) is 30.8 Å². The van der Waals surface area contributed by atoms with Crippen molar-refractivity contribution in [3.05, 3.63) is 29.3 Å². The molecule has 0 bridgehead atoms. The molecule has 1 aromatic rings. The Bertz CT molecular complexity index is 452. The number of thioether (sulfide) groups is 1. The molecule has 1 aromatic carbocycles. The summed E-state index contributed by atoms with van der Waals surface area (Å²) >= 11 is 7.49. The zero-order valence-corrected chi connectivity index (χ0v) is 13.5. The summed E-state index contributed by atoms with van der Waals surface area (Å²) in [6.45, 7) is 4.75. The van der Waals surface area contributed by atoms with E-state index in [4.69, 9.17) is 11.6 Å². The third kappa shape index (κ3) is 4.06. The molecule has 20 heavy (non-hydrogen) atoms. The van der Waals surface area contributed by atoms with Crippen LogP contribution >= 0.6 is 23.4 Å². The smallest absolute Gasteiger partial charge is 0.232 e. The maximum atomic E-state index is 11.8. The number of carbonyl (C=O) groups is 1. The van der Waals surface area contributed by atoms with E-state index >= 15 is 0 Å². The van der Waals surface area contributed by atoms with Crippen LogP contribution in [0.25, 0.3) is 0 Å². The minimum Gasteiger partial charge on any atom is -0.371 e. The lowest BCUT2D eigenvalue weighted by Crippen LogP contribution is -2.35. The Hall–Kier alpha value is -0.870. The number of nitrogens with zero attached hydrogens (tertiary/aromatic N) is 1. The molecule has 1 N–H and O–H groups in total. The molecule has 0 saturated carbocycles. The van der Waals surface area contributed by atoms with Crippen molar-refractivity contribution >= 4 is 35.0 Å². The second-order valence-corrected chi connectivity index (χ2v) is 6.82. The first-order valence-electron chi connectivity index (χ1n) is 6.91. The van der Waals surface area contributed by atoms with Crippen molar-refractivity contribution in [1.82, 2.24) is 5.32 Å². The highest BCUT2D eigenvalue weighted by Crippen LogP contribution is 2.24. The van der Waals surface area contributed by atoms with E-state index in [1.165, 1.54) is 5.69 Å². The molecule has 2 atom stereocenters. The van der Waals surface area contributed by atoms with Gasteiger partial charge in [0.1, 0.15) is 0 Å². The number of hydrogen-bond acceptors (Lipinski definition) is 3. The fourth-order valence-electron chi connectivity index (χ4n) is 2.38. The van der Waals surface area contributed by atoms with Crippen molar-refractivity contribution in [3.63, 3.8) is 0 Å². The zero-order valence-electron chi connectivity index (χ0n) is 11.9. The van der Waals surface area contributed by atoms with Crippen molar-refractivity contribution in [2.45, 2.75) is 18.6 Å². The lowest BCUT2D eigenvalue weighted by atomic mass is 10.1. The molecule has 1 heterocycles. The van der Waals surface area contributed by atoms with Crippen LogP contribution in [-0.2, 0) is 4.79 Å². The number of rotatable bonds is 5. The minimum atomic E-state index is 0.0313. The molecular weight excluding hydrogens is 292 g/mol. The first kappa shape index (κ1) is 15.5. The van der Waals surface area contributed by atoms with E-state index in [0.717, 1.165) is 31.1 Å². The molecule has 1 amide bonds. The molecule has 1 aliphatic rings. The standard InChI is InChI=1S/C15H21ClN2OS/c1-11(20-2)15(19)17-9-12-7-8-18(10-12)14-5-3-13(16)4-6-14/h3-6,11-12H,7-10H2,1-2H3,(H,17,19)/t11-,12+/m0/s1. The van der Waals surface area contributed by atoms with Gasteiger partial charge in [-0.25, -0.2) is 0 Å². The number of halogens is 1. The zero-order chi connectivity index (χ0) is 14.5. The fourth-order valence-corrected chi connectivity index (χ4v) is 2.80. The van der Waals surface area contributed by atoms with Crippen molar-refractivity contribution in [2.24, 2.45) is 5.92 Å². The third-order valence-electron chi connectivity index (χ3n) is 3.77. The van der Waals surface area contributed by atoms with E-state index in [0.29, 0.717) is 5.92 Å². The van der Waals surface area contributed by atoms with Gasteiger partial charge in [0, 0.05) is 30.3 Å². The van der Waals surface area contributed by atoms with E-state index in [9.17, 15) is 4.79 Å². The van der Waals surface area contributed by atoms with Gasteiger partial charge in [-0.3, -0.25) is 4.79 Å². The van der Waals surface area contributed by atoms with Crippen molar-refractivity contribution < 1.29 is 4.79 Å². The van der Waals surface area contributed by atoms with E-state index in [-0.39, 0.29) is 11.2 Å². The van der Waals surface area contributed by atoms with E-state index < -0.39 is 0 Å². The number of benzene rings is 1. The first-order chi connectivity index (χ1) is 9.60. The summed E-state index contributed by atoms with van der Waals surface area (Å²) in [6, 6.07) is 7.95. The Morgan fingerprint density at radius 3 is 2.85 bits per heavy atom. The quantitative estimate of drug-likeness (QED) is 0.907. The van der Waals surface area contributed by atoms with Gasteiger partial charge in [0.05, 0.1) is 5.25 Å². The molecular formula is C15H21ClN2OS. The fraction of sp³-hybridized carbons (Fsp3) is 0.533. The largest absolute Gasteiger partial charge is 0.371 e. The summed E-state index contributed by atoms with van der Waals surface area (Å²) in [4.78, 5) is 14.1. The SMILES string of the molecule is CS[C@@H](C)C(=O)NC[C@H]1CCN(c2ccc(Cl)cc2)C1. The van der Waals surface area contributed by atoms with Gasteiger partial charge < -0.3 is 10.2 Å². The van der Waals surface area contributed by atoms with Gasteiger partial charge in [-0.2, -0.15) is 11.8 Å². The number of carbonyl (C=O) groups excluding carboxylic acids is 1. The van der Waals surface area contributed by atoms with Crippen LogP contribution in [0.3, 0.4) is 0 Å². The van der Waals surface area contributed by atoms with Gasteiger partial charge in [-0.1, -0.05) is 11.6 Å². The third-order valence-corrected chi connectivity index (χ3v) is 4.94. The van der Waals surface area contributed by atoms with E-state index in [1.54, 1.807) is 11.8 Å². The Labute approximate surface area is 130 Å². The Morgan fingerprint density at radius 1 is 1.50 bits per heavy atom. The summed E-state index contributed by atoms with van der Waals surface area (Å²) < 4.78 is 0. The number of amides is 1. The highest BCUT2D eigenvalue weighted by atomic mass is 35.5. The van der Waals surface area contributed by atoms with Gasteiger partial charge in [-0.05, 0) is 49.8 Å². The van der Waals surface area contributed by atoms with Crippen LogP contribution in [0.15, 0.2) is 24.3 Å². The lowest BCUT2D eigenvalue weighted by Gasteiger charge is -2.19. The maximum absolute atomic E-state index is 11.8. The Morgan fingerprint density at radius 2 is 2.20 bits per heavy atom. The second kappa shape index (κ2) is 7.23. The van der Waals surface area contributed by atoms with Crippen LogP contribution in [0.2, 0.25) is 5.02 Å². The van der Waals surface area contributed by atoms with Crippen LogP contribution in [0.1, 0.15) is 13.3 Å². The van der Waals surface area contributed by atoms with Crippen molar-refractivity contribution in [1.29, 1.82) is 0 Å². The molecule has 0 spiro atoms. The van der Waals surface area contributed by atoms with Crippen LogP contribution in [0, 0.1) is 5.92 Å². The molecule has 1 fully saturated rings. The molecule has 0 unspecified atom stereocenters. The van der Waals surface area contributed by atoms with E-state index in [1.807, 2.05) is 25.3 Å². The molecule has 3 nitrogen and oxygen atoms in total. The molecule has 0 aliphatic carbocycles. The number of hydrogen-bond donors (Lipinski definition) is 1. The second-order valence-electron chi connectivity index (χ2n) is 5.20. The van der Waals surface area contributed by atoms with Gasteiger partial charge in [0.15, 0.2) is 0 Å². The molecule has 1 saturated heterocycles. The van der Waals surface area contributed by atoms with Gasteiger partial charge >= 0.3 is 0 Å². The van der Waals surface area contributed by atoms with Crippen LogP contribution in [0.4, 0.5) is 5.69 Å². The first-order valence-corrected chi connectivity index (χ1v) is 8.57. The summed E-state index contributed by atoms with van der Waals surface area (Å²) in [7, 11) is 0. The minimum absolute atomic E-state index is 0.0313.